The maximum Gasteiger partial charge on any atom is 0.407 e. The van der Waals surface area contributed by atoms with Crippen LogP contribution < -0.4 is 10.6 Å². The highest BCUT2D eigenvalue weighted by molar-refractivity contribution is 5.68. The summed E-state index contributed by atoms with van der Waals surface area (Å²) in [6, 6.07) is 1.41. The molecule has 134 valence electrons. The molecule has 0 spiro atoms. The summed E-state index contributed by atoms with van der Waals surface area (Å²) in [5.41, 5.74) is -0.427. The summed E-state index contributed by atoms with van der Waals surface area (Å²) in [4.78, 5) is 12.0. The normalized spacial score (nSPS) is 35.6. The summed E-state index contributed by atoms with van der Waals surface area (Å²) in [5, 5.41) is 6.96. The molecular weight excluding hydrogens is 288 g/mol. The average Bonchev–Trinajstić information content (AvgIpc) is 2.42. The van der Waals surface area contributed by atoms with Gasteiger partial charge in [-0.15, -0.1) is 0 Å². The molecule has 1 amide bonds. The maximum atomic E-state index is 12.0. The van der Waals surface area contributed by atoms with Gasteiger partial charge in [0.05, 0.1) is 0 Å². The first-order valence-corrected chi connectivity index (χ1v) is 9.50. The Morgan fingerprint density at radius 2 is 1.65 bits per heavy atom. The lowest BCUT2D eigenvalue weighted by Gasteiger charge is -2.39. The first-order chi connectivity index (χ1) is 10.7. The van der Waals surface area contributed by atoms with E-state index in [9.17, 15) is 4.79 Å². The molecular formula is C19H36N2O2. The van der Waals surface area contributed by atoms with Crippen LogP contribution in [0.5, 0.6) is 0 Å². The molecule has 2 aliphatic rings. The lowest BCUT2D eigenvalue weighted by Crippen LogP contribution is -2.50. The Hall–Kier alpha value is -0.770. The minimum absolute atomic E-state index is 0.243. The summed E-state index contributed by atoms with van der Waals surface area (Å²) < 4.78 is 5.39. The lowest BCUT2D eigenvalue weighted by atomic mass is 9.77. The number of hydrogen-bond donors (Lipinski definition) is 2. The van der Waals surface area contributed by atoms with Gasteiger partial charge >= 0.3 is 6.09 Å². The summed E-state index contributed by atoms with van der Waals surface area (Å²) in [6.45, 7) is 10.5. The molecule has 0 radical (unpaired) electrons. The fraction of sp³-hybridized carbons (Fsp3) is 0.947. The van der Waals surface area contributed by atoms with Crippen LogP contribution in [0.3, 0.4) is 0 Å². The fourth-order valence-electron chi connectivity index (χ4n) is 4.07. The van der Waals surface area contributed by atoms with E-state index < -0.39 is 5.60 Å². The molecule has 23 heavy (non-hydrogen) atoms. The van der Waals surface area contributed by atoms with E-state index in [4.69, 9.17) is 4.74 Å². The van der Waals surface area contributed by atoms with Gasteiger partial charge in [-0.05, 0) is 64.7 Å². The molecule has 4 heteroatoms. The van der Waals surface area contributed by atoms with Gasteiger partial charge in [0.2, 0.25) is 0 Å². The first-order valence-electron chi connectivity index (χ1n) is 9.50. The van der Waals surface area contributed by atoms with E-state index in [0.717, 1.165) is 24.7 Å². The zero-order valence-electron chi connectivity index (χ0n) is 15.7. The Labute approximate surface area is 142 Å². The van der Waals surface area contributed by atoms with Crippen LogP contribution in [0.15, 0.2) is 0 Å². The van der Waals surface area contributed by atoms with Crippen molar-refractivity contribution in [3.63, 3.8) is 0 Å². The van der Waals surface area contributed by atoms with Crippen molar-refractivity contribution < 1.29 is 9.53 Å². The van der Waals surface area contributed by atoms with Crippen molar-refractivity contribution in [2.75, 3.05) is 0 Å². The van der Waals surface area contributed by atoms with Crippen LogP contribution >= 0.6 is 0 Å². The van der Waals surface area contributed by atoms with E-state index in [0.29, 0.717) is 12.1 Å². The molecule has 2 rings (SSSR count). The van der Waals surface area contributed by atoms with Crippen molar-refractivity contribution in [2.24, 2.45) is 11.8 Å². The summed E-state index contributed by atoms with van der Waals surface area (Å²) in [6.07, 6.45) is 8.22. The molecule has 0 saturated heterocycles. The maximum absolute atomic E-state index is 12.0. The van der Waals surface area contributed by atoms with Crippen molar-refractivity contribution in [1.82, 2.24) is 10.6 Å². The third-order valence-electron chi connectivity index (χ3n) is 5.55. The van der Waals surface area contributed by atoms with Crippen molar-refractivity contribution in [1.29, 1.82) is 0 Å². The summed E-state index contributed by atoms with van der Waals surface area (Å²) in [5.74, 6) is 1.57. The van der Waals surface area contributed by atoms with Crippen LogP contribution in [0.25, 0.3) is 0 Å². The van der Waals surface area contributed by atoms with Crippen molar-refractivity contribution in [3.05, 3.63) is 0 Å². The quantitative estimate of drug-likeness (QED) is 0.816. The summed E-state index contributed by atoms with van der Waals surface area (Å²) in [7, 11) is 0. The van der Waals surface area contributed by atoms with Gasteiger partial charge in [-0.25, -0.2) is 4.79 Å². The van der Waals surface area contributed by atoms with Crippen molar-refractivity contribution in [3.8, 4) is 0 Å². The third-order valence-corrected chi connectivity index (χ3v) is 5.55. The number of nitrogens with one attached hydrogen (secondary N) is 2. The van der Waals surface area contributed by atoms with E-state index in [1.165, 1.54) is 32.1 Å². The second-order valence-electron chi connectivity index (χ2n) is 8.75. The molecule has 2 saturated carbocycles. The number of ether oxygens (including phenoxy) is 1. The minimum Gasteiger partial charge on any atom is -0.444 e. The first kappa shape index (κ1) is 18.6. The van der Waals surface area contributed by atoms with Crippen LogP contribution in [-0.2, 0) is 4.74 Å². The Morgan fingerprint density at radius 1 is 1.00 bits per heavy atom. The van der Waals surface area contributed by atoms with Gasteiger partial charge < -0.3 is 15.4 Å². The molecule has 0 aromatic heterocycles. The smallest absolute Gasteiger partial charge is 0.407 e. The SMILES string of the molecule is CC1CCCC(NC2CCCC(NC(=O)OC(C)(C)C)C2)C1C. The van der Waals surface area contributed by atoms with Crippen LogP contribution in [0, 0.1) is 11.8 Å². The molecule has 0 aliphatic heterocycles. The van der Waals surface area contributed by atoms with Crippen LogP contribution in [-0.4, -0.2) is 29.8 Å². The standard InChI is InChI=1S/C19H36N2O2/c1-13-8-6-11-17(14(13)2)20-15-9-7-10-16(12-15)21-18(22)23-19(3,4)5/h13-17,20H,6-12H2,1-5H3,(H,21,22). The molecule has 5 atom stereocenters. The van der Waals surface area contributed by atoms with E-state index in [-0.39, 0.29) is 12.1 Å². The van der Waals surface area contributed by atoms with Crippen LogP contribution in [0.1, 0.15) is 79.6 Å². The van der Waals surface area contributed by atoms with Crippen molar-refractivity contribution >= 4 is 6.09 Å². The Balaban J connectivity index is 1.80. The number of rotatable bonds is 3. The third kappa shape index (κ3) is 5.98. The van der Waals surface area contributed by atoms with Crippen molar-refractivity contribution in [2.45, 2.75) is 103 Å². The Bertz CT molecular complexity index is 391. The largest absolute Gasteiger partial charge is 0.444 e. The van der Waals surface area contributed by atoms with Gasteiger partial charge in [-0.3, -0.25) is 0 Å². The van der Waals surface area contributed by atoms with Gasteiger partial charge in [-0.1, -0.05) is 26.7 Å². The molecule has 0 bridgehead atoms. The van der Waals surface area contributed by atoms with Gasteiger partial charge in [0.1, 0.15) is 5.60 Å². The predicted octanol–water partition coefficient (Wildman–Crippen LogP) is 4.24. The van der Waals surface area contributed by atoms with Crippen LogP contribution in [0.2, 0.25) is 0 Å². The molecule has 4 nitrogen and oxygen atoms in total. The van der Waals surface area contributed by atoms with E-state index in [1.54, 1.807) is 0 Å². The highest BCUT2D eigenvalue weighted by Gasteiger charge is 2.31. The minimum atomic E-state index is -0.427. The predicted molar refractivity (Wildman–Crippen MR) is 94.5 cm³/mol. The topological polar surface area (TPSA) is 50.4 Å². The zero-order chi connectivity index (χ0) is 17.0. The van der Waals surface area contributed by atoms with Gasteiger partial charge in [-0.2, -0.15) is 0 Å². The molecule has 0 aromatic carbocycles. The lowest BCUT2D eigenvalue weighted by molar-refractivity contribution is 0.0486. The fourth-order valence-corrected chi connectivity index (χ4v) is 4.07. The molecule has 5 unspecified atom stereocenters. The Morgan fingerprint density at radius 3 is 2.35 bits per heavy atom. The second kappa shape index (κ2) is 7.87. The number of amides is 1. The van der Waals surface area contributed by atoms with E-state index in [1.807, 2.05) is 20.8 Å². The van der Waals surface area contributed by atoms with Gasteiger partial charge in [0.15, 0.2) is 0 Å². The molecule has 2 fully saturated rings. The molecule has 2 N–H and O–H groups in total. The Kier molecular flexibility index (Phi) is 6.35. The number of alkyl carbamates (subject to hydrolysis) is 1. The van der Waals surface area contributed by atoms with Gasteiger partial charge in [0, 0.05) is 18.1 Å². The zero-order valence-corrected chi connectivity index (χ0v) is 15.7. The molecule has 0 aromatic rings. The number of carbonyl (C=O) groups is 1. The number of hydrogen-bond acceptors (Lipinski definition) is 3. The number of carbonyl (C=O) groups excluding carboxylic acids is 1. The van der Waals surface area contributed by atoms with Gasteiger partial charge in [0.25, 0.3) is 0 Å². The van der Waals surface area contributed by atoms with E-state index >= 15 is 0 Å². The second-order valence-corrected chi connectivity index (χ2v) is 8.75. The monoisotopic (exact) mass is 324 g/mol. The highest BCUT2D eigenvalue weighted by atomic mass is 16.6. The average molecular weight is 325 g/mol. The van der Waals surface area contributed by atoms with Crippen LogP contribution in [0.4, 0.5) is 4.79 Å². The molecule has 2 aliphatic carbocycles. The van der Waals surface area contributed by atoms with E-state index in [2.05, 4.69) is 24.5 Å². The molecule has 0 heterocycles. The highest BCUT2D eigenvalue weighted by Crippen LogP contribution is 2.31. The summed E-state index contributed by atoms with van der Waals surface area (Å²) >= 11 is 0.